The molecule has 0 aromatic carbocycles. The van der Waals surface area contributed by atoms with Crippen molar-refractivity contribution in [3.63, 3.8) is 0 Å². The molecule has 0 aromatic heterocycles. The molecule has 11 heteroatoms. The zero-order chi connectivity index (χ0) is 39.1. The summed E-state index contributed by atoms with van der Waals surface area (Å²) < 4.78 is 5.12. The Morgan fingerprint density at radius 3 is 0.635 bits per heavy atom. The van der Waals surface area contributed by atoms with Gasteiger partial charge in [-0.2, -0.15) is 19.6 Å². The predicted octanol–water partition coefficient (Wildman–Crippen LogP) is 11.0. The minimum atomic E-state index is -3.69. The number of aliphatic hydroxyl groups is 4. The van der Waals surface area contributed by atoms with Crippen LogP contribution in [0.5, 0.6) is 0 Å². The van der Waals surface area contributed by atoms with E-state index >= 15 is 0 Å². The van der Waals surface area contributed by atoms with Crippen molar-refractivity contribution in [3.05, 3.63) is 0 Å². The highest BCUT2D eigenvalue weighted by Crippen LogP contribution is 2.69. The van der Waals surface area contributed by atoms with Crippen LogP contribution < -0.4 is 0 Å². The van der Waals surface area contributed by atoms with Gasteiger partial charge in [0.05, 0.1) is 31.8 Å². The smallest absolute Gasteiger partial charge is 0.396 e. The van der Waals surface area contributed by atoms with E-state index in [-0.39, 0.29) is 12.3 Å². The summed E-state index contributed by atoms with van der Waals surface area (Å²) in [5, 5.41) is 34.0. The SMILES string of the molecule is CCCCCCCCCCCCCCCCCC[P+](O)(O)O[P+](O)(O)CCCCCCCCCCCCCCCCCC.OCC(CO)(CO)CO. The van der Waals surface area contributed by atoms with Crippen molar-refractivity contribution >= 4 is 15.9 Å². The van der Waals surface area contributed by atoms with E-state index in [0.29, 0.717) is 12.8 Å². The fourth-order valence-electron chi connectivity index (χ4n) is 6.32. The van der Waals surface area contributed by atoms with Gasteiger partial charge in [0.1, 0.15) is 12.3 Å². The monoisotopic (exact) mass is 789 g/mol. The Balaban J connectivity index is 0. The topological polar surface area (TPSA) is 171 Å². The van der Waals surface area contributed by atoms with Crippen LogP contribution in [0.1, 0.15) is 219 Å². The number of hydrogen-bond acceptors (Lipinski definition) is 9. The Labute approximate surface area is 322 Å². The molecule has 0 heterocycles. The van der Waals surface area contributed by atoms with E-state index in [2.05, 4.69) is 13.8 Å². The second kappa shape index (κ2) is 39.7. The maximum Gasteiger partial charge on any atom is 0.461 e. The molecule has 0 fully saturated rings. The van der Waals surface area contributed by atoms with Gasteiger partial charge < -0.3 is 20.4 Å². The Morgan fingerprint density at radius 1 is 0.308 bits per heavy atom. The van der Waals surface area contributed by atoms with Crippen molar-refractivity contribution in [1.82, 2.24) is 0 Å². The molecule has 0 aliphatic heterocycles. The number of rotatable bonds is 40. The zero-order valence-electron chi connectivity index (χ0n) is 34.3. The van der Waals surface area contributed by atoms with E-state index in [1.807, 2.05) is 0 Å². The van der Waals surface area contributed by atoms with Crippen molar-refractivity contribution in [1.29, 1.82) is 0 Å². The highest BCUT2D eigenvalue weighted by molar-refractivity contribution is 7.72. The summed E-state index contributed by atoms with van der Waals surface area (Å²) in [7, 11) is -7.39. The van der Waals surface area contributed by atoms with Gasteiger partial charge in [0.15, 0.2) is 0 Å². The first kappa shape index (κ1) is 54.6. The van der Waals surface area contributed by atoms with Crippen molar-refractivity contribution in [2.45, 2.75) is 219 Å². The highest BCUT2D eigenvalue weighted by Gasteiger charge is 2.53. The predicted molar refractivity (Wildman–Crippen MR) is 223 cm³/mol. The van der Waals surface area contributed by atoms with Crippen LogP contribution >= 0.6 is 15.9 Å². The molecule has 0 rings (SSSR count). The van der Waals surface area contributed by atoms with Crippen LogP contribution in [0.2, 0.25) is 0 Å². The lowest BCUT2D eigenvalue weighted by atomic mass is 9.93. The molecule has 0 saturated heterocycles. The van der Waals surface area contributed by atoms with Crippen LogP contribution in [0.4, 0.5) is 0 Å². The zero-order valence-corrected chi connectivity index (χ0v) is 36.0. The van der Waals surface area contributed by atoms with E-state index < -0.39 is 47.7 Å². The number of aliphatic hydroxyl groups excluding tert-OH is 4. The average molecular weight is 789 g/mol. The van der Waals surface area contributed by atoms with Crippen molar-refractivity contribution in [3.8, 4) is 0 Å². The lowest BCUT2D eigenvalue weighted by Gasteiger charge is -2.23. The van der Waals surface area contributed by atoms with Gasteiger partial charge in [-0.1, -0.05) is 194 Å². The minimum absolute atomic E-state index is 0.132. The van der Waals surface area contributed by atoms with Crippen LogP contribution in [0, 0.1) is 5.41 Å². The highest BCUT2D eigenvalue weighted by atomic mass is 31.3. The standard InChI is InChI=1S/C36H78O5P2.C5H12O4/c1-3-5-7-9-11-13-15-17-19-21-23-25-27-29-31-33-35-42(37,38)41-43(39,40)36-34-32-30-28-26-24-22-20-18-16-14-12-10-8-6-4-2;6-1-5(2-7,3-8)4-9/h37-40H,3-36H2,1-2H3;6-9H,1-4H2/q+2;. The first-order valence-electron chi connectivity index (χ1n) is 21.9. The number of unbranched alkanes of at least 4 members (excludes halogenated alkanes) is 30. The third-order valence-corrected chi connectivity index (χ3v) is 14.1. The fourth-order valence-corrected chi connectivity index (χ4v) is 9.92. The first-order valence-corrected chi connectivity index (χ1v) is 25.5. The van der Waals surface area contributed by atoms with Crippen molar-refractivity contribution < 1.29 is 44.3 Å². The van der Waals surface area contributed by atoms with E-state index in [1.54, 1.807) is 0 Å². The number of hydrogen-bond donors (Lipinski definition) is 8. The molecule has 0 bridgehead atoms. The molecule has 52 heavy (non-hydrogen) atoms. The van der Waals surface area contributed by atoms with E-state index in [9.17, 15) is 19.6 Å². The van der Waals surface area contributed by atoms with E-state index in [1.165, 1.54) is 167 Å². The summed E-state index contributed by atoms with van der Waals surface area (Å²) in [6.45, 7) is 2.92. The molecule has 8 N–H and O–H groups in total. The summed E-state index contributed by atoms with van der Waals surface area (Å²) in [5.41, 5.74) is -1.11. The second-order valence-electron chi connectivity index (χ2n) is 15.6. The molecule has 0 saturated carbocycles. The maximum atomic E-state index is 10.3. The molecule has 0 atom stereocenters. The van der Waals surface area contributed by atoms with Gasteiger partial charge in [-0.15, -0.1) is 0 Å². The Kier molecular flexibility index (Phi) is 41.7. The normalized spacial score (nSPS) is 12.3. The molecule has 0 aliphatic carbocycles. The Morgan fingerprint density at radius 2 is 0.481 bits per heavy atom. The van der Waals surface area contributed by atoms with Crippen LogP contribution in [0.3, 0.4) is 0 Å². The summed E-state index contributed by atoms with van der Waals surface area (Å²) in [6, 6.07) is 0. The van der Waals surface area contributed by atoms with Crippen LogP contribution in [0.25, 0.3) is 0 Å². The maximum absolute atomic E-state index is 10.3. The largest absolute Gasteiger partial charge is 0.461 e. The molecule has 316 valence electrons. The van der Waals surface area contributed by atoms with E-state index in [4.69, 9.17) is 24.7 Å². The van der Waals surface area contributed by atoms with Gasteiger partial charge in [0.25, 0.3) is 0 Å². The summed E-state index contributed by atoms with van der Waals surface area (Å²) in [4.78, 5) is 41.0. The second-order valence-corrected chi connectivity index (χ2v) is 19.8. The quantitative estimate of drug-likeness (QED) is 0.0222. The molecular weight excluding hydrogens is 698 g/mol. The lowest BCUT2D eigenvalue weighted by Crippen LogP contribution is -2.37. The molecule has 0 aliphatic rings. The van der Waals surface area contributed by atoms with Crippen molar-refractivity contribution in [2.24, 2.45) is 5.41 Å². The molecule has 0 unspecified atom stereocenters. The Hall–Kier alpha value is 0.500. The van der Waals surface area contributed by atoms with E-state index in [0.717, 1.165) is 25.7 Å². The van der Waals surface area contributed by atoms with Gasteiger partial charge >= 0.3 is 15.9 Å². The minimum Gasteiger partial charge on any atom is -0.396 e. The average Bonchev–Trinajstić information content (AvgIpc) is 3.12. The van der Waals surface area contributed by atoms with Gasteiger partial charge in [0.2, 0.25) is 0 Å². The molecule has 9 nitrogen and oxygen atoms in total. The molecule has 0 amide bonds. The lowest BCUT2D eigenvalue weighted by molar-refractivity contribution is -0.0328. The van der Waals surface area contributed by atoms with Gasteiger partial charge in [-0.05, 0) is 25.7 Å². The van der Waals surface area contributed by atoms with Gasteiger partial charge in [0, 0.05) is 4.31 Å². The molecule has 0 radical (unpaired) electrons. The third kappa shape index (κ3) is 38.8. The summed E-state index contributed by atoms with van der Waals surface area (Å²) >= 11 is 0. The first-order chi connectivity index (χ1) is 25.1. The van der Waals surface area contributed by atoms with Gasteiger partial charge in [-0.3, -0.25) is 0 Å². The van der Waals surface area contributed by atoms with Crippen LogP contribution in [-0.4, -0.2) is 78.8 Å². The summed E-state index contributed by atoms with van der Waals surface area (Å²) in [6.07, 6.45) is 40.8. The molecular formula is C41H90O9P2+2. The van der Waals surface area contributed by atoms with Crippen LogP contribution in [-0.2, 0) is 4.31 Å². The molecule has 0 spiro atoms. The van der Waals surface area contributed by atoms with Gasteiger partial charge in [-0.25, -0.2) is 0 Å². The fraction of sp³-hybridized carbons (Fsp3) is 1.00. The van der Waals surface area contributed by atoms with Crippen molar-refractivity contribution in [2.75, 3.05) is 38.8 Å². The summed E-state index contributed by atoms with van der Waals surface area (Å²) in [5.74, 6) is 0. The van der Waals surface area contributed by atoms with Crippen LogP contribution in [0.15, 0.2) is 0 Å². The molecule has 0 aromatic rings. The Bertz CT molecular complexity index is 634. The third-order valence-electron chi connectivity index (χ3n) is 10.2.